The number of benzene rings is 2. The lowest BCUT2D eigenvalue weighted by Gasteiger charge is -2.23. The first-order valence-electron chi connectivity index (χ1n) is 12.9. The highest BCUT2D eigenvalue weighted by molar-refractivity contribution is 5.87. The molecule has 210 valence electrons. The van der Waals surface area contributed by atoms with Crippen molar-refractivity contribution >= 4 is 29.0 Å². The van der Waals surface area contributed by atoms with Gasteiger partial charge in [0.1, 0.15) is 5.75 Å². The van der Waals surface area contributed by atoms with Crippen LogP contribution in [0.4, 0.5) is 10.6 Å². The molecule has 0 atom stereocenters. The number of carbonyl (C=O) groups excluding carboxylic acids is 1. The Balaban J connectivity index is 0.000000224. The fourth-order valence-corrected chi connectivity index (χ4v) is 4.38. The van der Waals surface area contributed by atoms with Gasteiger partial charge in [-0.3, -0.25) is 9.48 Å². The van der Waals surface area contributed by atoms with E-state index in [1.165, 1.54) is 0 Å². The number of methoxy groups -OCH3 is 1. The summed E-state index contributed by atoms with van der Waals surface area (Å²) < 4.78 is 16.6. The lowest BCUT2D eigenvalue weighted by molar-refractivity contribution is -0.138. The first-order chi connectivity index (χ1) is 19.5. The zero-order valence-corrected chi connectivity index (χ0v) is 22.2. The van der Waals surface area contributed by atoms with E-state index >= 15 is 0 Å². The van der Waals surface area contributed by atoms with Crippen LogP contribution < -0.4 is 15.8 Å². The number of para-hydroxylation sites is 1. The number of aryl methyl sites for hydroxylation is 1. The van der Waals surface area contributed by atoms with E-state index in [0.29, 0.717) is 29.5 Å². The molecule has 12 nitrogen and oxygen atoms in total. The van der Waals surface area contributed by atoms with E-state index in [1.807, 2.05) is 65.3 Å². The number of esters is 1. The zero-order valence-electron chi connectivity index (χ0n) is 22.2. The Kier molecular flexibility index (Phi) is 9.97. The predicted octanol–water partition coefficient (Wildman–Crippen LogP) is 3.82. The molecule has 40 heavy (non-hydrogen) atoms. The number of hydrogen-bond acceptors (Lipinski definition) is 10. The number of aromatic nitrogens is 4. The van der Waals surface area contributed by atoms with Crippen LogP contribution in [0.2, 0.25) is 0 Å². The lowest BCUT2D eigenvalue weighted by atomic mass is 10.1. The van der Waals surface area contributed by atoms with E-state index in [1.54, 1.807) is 7.11 Å². The molecule has 12 heteroatoms. The summed E-state index contributed by atoms with van der Waals surface area (Å²) in [6, 6.07) is 19.3. The SMILES string of the molecule is COCOc1ccccc1-c1cc2c(nn1)c(N)nn2C1CCNCC1.O=C(O)OC(=O)CCc1ccccc1. The van der Waals surface area contributed by atoms with Crippen LogP contribution in [0.1, 0.15) is 30.9 Å². The number of nitrogens with zero attached hydrogens (tertiary/aromatic N) is 4. The van der Waals surface area contributed by atoms with Crippen LogP contribution in [-0.2, 0) is 20.7 Å². The molecule has 0 radical (unpaired) electrons. The van der Waals surface area contributed by atoms with Gasteiger partial charge in [0, 0.05) is 12.7 Å². The minimum absolute atomic E-state index is 0.0797. The van der Waals surface area contributed by atoms with Gasteiger partial charge in [0.15, 0.2) is 18.1 Å². The van der Waals surface area contributed by atoms with Crippen molar-refractivity contribution in [2.45, 2.75) is 31.7 Å². The van der Waals surface area contributed by atoms with Gasteiger partial charge in [0.25, 0.3) is 0 Å². The Labute approximate surface area is 231 Å². The largest absolute Gasteiger partial charge is 0.513 e. The highest BCUT2D eigenvalue weighted by atomic mass is 16.7. The predicted molar refractivity (Wildman–Crippen MR) is 148 cm³/mol. The summed E-state index contributed by atoms with van der Waals surface area (Å²) >= 11 is 0. The fraction of sp³-hybridized carbons (Fsp3) is 0.321. The molecule has 0 unspecified atom stereocenters. The Bertz CT molecular complexity index is 1420. The van der Waals surface area contributed by atoms with Crippen LogP contribution >= 0.6 is 0 Å². The van der Waals surface area contributed by atoms with Crippen molar-refractivity contribution < 1.29 is 28.9 Å². The van der Waals surface area contributed by atoms with Gasteiger partial charge in [-0.05, 0) is 56.1 Å². The Hall–Kier alpha value is -4.55. The maximum absolute atomic E-state index is 10.8. The van der Waals surface area contributed by atoms with Crippen LogP contribution in [0.5, 0.6) is 5.75 Å². The van der Waals surface area contributed by atoms with Crippen molar-refractivity contribution in [2.24, 2.45) is 0 Å². The number of rotatable bonds is 8. The number of carboxylic acid groups (broad SMARTS) is 1. The van der Waals surface area contributed by atoms with Crippen molar-refractivity contribution in [3.8, 4) is 17.0 Å². The monoisotopic (exact) mass is 548 g/mol. The van der Waals surface area contributed by atoms with E-state index < -0.39 is 12.1 Å². The summed E-state index contributed by atoms with van der Waals surface area (Å²) in [6.45, 7) is 2.13. The van der Waals surface area contributed by atoms with Gasteiger partial charge in [-0.1, -0.05) is 42.5 Å². The third kappa shape index (κ3) is 7.52. The molecule has 4 N–H and O–H groups in total. The van der Waals surface area contributed by atoms with Gasteiger partial charge in [0.2, 0.25) is 0 Å². The first kappa shape index (κ1) is 28.5. The van der Waals surface area contributed by atoms with E-state index in [2.05, 4.69) is 25.3 Å². The smallest absolute Gasteiger partial charge is 0.467 e. The minimum atomic E-state index is -1.55. The second-order valence-corrected chi connectivity index (χ2v) is 9.05. The summed E-state index contributed by atoms with van der Waals surface area (Å²) in [5.74, 6) is 0.395. The van der Waals surface area contributed by atoms with Crippen molar-refractivity contribution in [1.82, 2.24) is 25.3 Å². The molecule has 0 spiro atoms. The molecule has 0 bridgehead atoms. The summed E-state index contributed by atoms with van der Waals surface area (Å²) in [5, 5.41) is 24.7. The second kappa shape index (κ2) is 14.0. The van der Waals surface area contributed by atoms with E-state index in [-0.39, 0.29) is 13.2 Å². The highest BCUT2D eigenvalue weighted by Crippen LogP contribution is 2.32. The normalized spacial score (nSPS) is 13.3. The molecule has 0 amide bonds. The van der Waals surface area contributed by atoms with Crippen molar-refractivity contribution in [3.05, 3.63) is 66.2 Å². The Morgan fingerprint density at radius 2 is 1.80 bits per heavy atom. The van der Waals surface area contributed by atoms with Crippen molar-refractivity contribution in [3.63, 3.8) is 0 Å². The second-order valence-electron chi connectivity index (χ2n) is 9.05. The molecular formula is C28H32N6O6. The van der Waals surface area contributed by atoms with Gasteiger partial charge < -0.3 is 30.4 Å². The van der Waals surface area contributed by atoms with Gasteiger partial charge in [-0.15, -0.1) is 10.2 Å². The van der Waals surface area contributed by atoms with Crippen molar-refractivity contribution in [1.29, 1.82) is 0 Å². The molecule has 2 aromatic heterocycles. The average molecular weight is 549 g/mol. The zero-order chi connectivity index (χ0) is 28.3. The standard InChI is InChI=1S/C18H22N6O2.C10H10O4/c1-25-11-26-16-5-3-2-4-13(16)14-10-15-17(22-21-14)18(19)23-24(15)12-6-8-20-9-7-12;11-9(14-10(12)13)7-6-8-4-2-1-3-5-8/h2-5,10,12,20H,6-9,11H2,1H3,(H2,19,23);1-5H,6-7H2,(H,12,13). The number of ether oxygens (including phenoxy) is 3. The summed E-state index contributed by atoms with van der Waals surface area (Å²) in [6.07, 6.45) is 1.05. The molecule has 0 saturated carbocycles. The van der Waals surface area contributed by atoms with Crippen LogP contribution in [0, 0.1) is 0 Å². The highest BCUT2D eigenvalue weighted by Gasteiger charge is 2.21. The van der Waals surface area contributed by atoms with Crippen LogP contribution in [0.3, 0.4) is 0 Å². The first-order valence-corrected chi connectivity index (χ1v) is 12.9. The number of anilines is 1. The van der Waals surface area contributed by atoms with E-state index in [0.717, 1.165) is 48.3 Å². The Morgan fingerprint density at radius 1 is 1.07 bits per heavy atom. The maximum atomic E-state index is 10.8. The number of hydrogen-bond donors (Lipinski definition) is 3. The van der Waals surface area contributed by atoms with Gasteiger partial charge >= 0.3 is 12.1 Å². The molecule has 1 fully saturated rings. The average Bonchev–Trinajstić information content (AvgIpc) is 3.31. The number of carbonyl (C=O) groups is 2. The molecule has 1 aliphatic heterocycles. The van der Waals surface area contributed by atoms with Crippen LogP contribution in [-0.4, -0.2) is 64.2 Å². The summed E-state index contributed by atoms with van der Waals surface area (Å²) in [5.41, 5.74) is 10.2. The van der Waals surface area contributed by atoms with Crippen LogP contribution in [0.15, 0.2) is 60.7 Å². The molecule has 1 saturated heterocycles. The number of nitrogens with two attached hydrogens (primary N) is 1. The number of fused-ring (bicyclic) bond motifs is 1. The van der Waals surface area contributed by atoms with Crippen LogP contribution in [0.25, 0.3) is 22.3 Å². The molecule has 5 rings (SSSR count). The number of piperidine rings is 1. The maximum Gasteiger partial charge on any atom is 0.513 e. The summed E-state index contributed by atoms with van der Waals surface area (Å²) in [4.78, 5) is 20.8. The fourth-order valence-electron chi connectivity index (χ4n) is 4.38. The summed E-state index contributed by atoms with van der Waals surface area (Å²) in [7, 11) is 1.59. The molecule has 3 heterocycles. The molecule has 4 aromatic rings. The molecule has 0 aliphatic carbocycles. The molecule has 2 aromatic carbocycles. The van der Waals surface area contributed by atoms with E-state index in [9.17, 15) is 9.59 Å². The van der Waals surface area contributed by atoms with E-state index in [4.69, 9.17) is 20.3 Å². The Morgan fingerprint density at radius 3 is 2.52 bits per heavy atom. The quantitative estimate of drug-likeness (QED) is 0.167. The van der Waals surface area contributed by atoms with Gasteiger partial charge in [-0.2, -0.15) is 5.10 Å². The topological polar surface area (TPSA) is 164 Å². The number of nitrogens with one attached hydrogen (secondary N) is 1. The van der Waals surface area contributed by atoms with Crippen molar-refractivity contribution in [2.75, 3.05) is 32.7 Å². The lowest BCUT2D eigenvalue weighted by Crippen LogP contribution is -2.29. The molecule has 1 aliphatic rings. The molecular weight excluding hydrogens is 516 g/mol. The third-order valence-electron chi connectivity index (χ3n) is 6.29. The van der Waals surface area contributed by atoms with Gasteiger partial charge in [0.05, 0.1) is 23.7 Å². The minimum Gasteiger partial charge on any atom is -0.467 e. The number of nitrogen functional groups attached to an aromatic ring is 1. The third-order valence-corrected chi connectivity index (χ3v) is 6.29. The van der Waals surface area contributed by atoms with Gasteiger partial charge in [-0.25, -0.2) is 4.79 Å².